The highest BCUT2D eigenvalue weighted by molar-refractivity contribution is 7.59. The van der Waals surface area contributed by atoms with Crippen LogP contribution in [0.25, 0.3) is 0 Å². The van der Waals surface area contributed by atoms with Crippen molar-refractivity contribution in [3.8, 4) is 0 Å². The lowest BCUT2D eigenvalue weighted by molar-refractivity contribution is -0.147. The molecular weight excluding hydrogens is 305 g/mol. The molecule has 2 atom stereocenters. The Morgan fingerprint density at radius 1 is 1.36 bits per heavy atom. The molecule has 0 spiro atoms. The first-order valence-corrected chi connectivity index (χ1v) is 9.42. The molecule has 1 unspecified atom stereocenters. The van der Waals surface area contributed by atoms with Gasteiger partial charge >= 0.3 is 5.97 Å². The standard InChI is InChI=1S/C15H20NO5P/c1-22(20,21-10-12-6-3-2-4-7-12)11-14(17)16-9-5-8-13(16)15(18)19/h2-4,6-7,13H,5,8-11H2,1H3,(H,18,19)/t13-,22?/m0/s1. The zero-order chi connectivity index (χ0) is 16.2. The van der Waals surface area contributed by atoms with Crippen molar-refractivity contribution in [3.63, 3.8) is 0 Å². The fraction of sp³-hybridized carbons (Fsp3) is 0.467. The number of carbonyl (C=O) groups is 2. The van der Waals surface area contributed by atoms with Crippen molar-refractivity contribution in [2.75, 3.05) is 19.4 Å². The van der Waals surface area contributed by atoms with Gasteiger partial charge in [0.25, 0.3) is 0 Å². The summed E-state index contributed by atoms with van der Waals surface area (Å²) in [6.07, 6.45) is 0.838. The molecule has 1 aliphatic rings. The maximum atomic E-state index is 12.4. The predicted octanol–water partition coefficient (Wildman–Crippen LogP) is 2.19. The summed E-state index contributed by atoms with van der Waals surface area (Å²) in [5.74, 6) is -1.43. The molecule has 1 amide bonds. The van der Waals surface area contributed by atoms with E-state index in [9.17, 15) is 14.2 Å². The number of likely N-dealkylation sites (tertiary alicyclic amines) is 1. The van der Waals surface area contributed by atoms with E-state index in [0.717, 1.165) is 5.56 Å². The maximum Gasteiger partial charge on any atom is 0.326 e. The van der Waals surface area contributed by atoms with Gasteiger partial charge in [-0.15, -0.1) is 0 Å². The molecule has 1 saturated heterocycles. The fourth-order valence-corrected chi connectivity index (χ4v) is 3.68. The summed E-state index contributed by atoms with van der Waals surface area (Å²) in [6, 6.07) is 8.48. The van der Waals surface area contributed by atoms with Gasteiger partial charge in [0.05, 0.1) is 6.61 Å². The molecule has 0 aromatic heterocycles. The average molecular weight is 325 g/mol. The third-order valence-electron chi connectivity index (χ3n) is 3.63. The van der Waals surface area contributed by atoms with Crippen molar-refractivity contribution >= 4 is 19.2 Å². The largest absolute Gasteiger partial charge is 0.480 e. The Kier molecular flexibility index (Phi) is 5.37. The molecule has 1 heterocycles. The summed E-state index contributed by atoms with van der Waals surface area (Å²) >= 11 is 0. The zero-order valence-electron chi connectivity index (χ0n) is 12.5. The van der Waals surface area contributed by atoms with Crippen LogP contribution in [0, 0.1) is 0 Å². The number of carboxylic acids is 1. The fourth-order valence-electron chi connectivity index (χ4n) is 2.49. The zero-order valence-corrected chi connectivity index (χ0v) is 13.4. The lowest BCUT2D eigenvalue weighted by atomic mass is 10.2. The molecule has 1 N–H and O–H groups in total. The lowest BCUT2D eigenvalue weighted by Gasteiger charge is -2.23. The van der Waals surface area contributed by atoms with Crippen LogP contribution in [0.3, 0.4) is 0 Å². The van der Waals surface area contributed by atoms with Crippen LogP contribution < -0.4 is 0 Å². The van der Waals surface area contributed by atoms with Gasteiger partial charge in [-0.3, -0.25) is 9.36 Å². The Balaban J connectivity index is 1.92. The van der Waals surface area contributed by atoms with Crippen molar-refractivity contribution in [3.05, 3.63) is 35.9 Å². The Morgan fingerprint density at radius 3 is 2.68 bits per heavy atom. The molecule has 7 heteroatoms. The summed E-state index contributed by atoms with van der Waals surface area (Å²) in [4.78, 5) is 24.6. The van der Waals surface area contributed by atoms with Gasteiger partial charge in [-0.2, -0.15) is 0 Å². The van der Waals surface area contributed by atoms with Gasteiger partial charge in [-0.1, -0.05) is 30.3 Å². The van der Waals surface area contributed by atoms with E-state index in [0.29, 0.717) is 19.4 Å². The molecule has 0 bridgehead atoms. The molecule has 1 aromatic carbocycles. The minimum atomic E-state index is -3.11. The highest BCUT2D eigenvalue weighted by Gasteiger charge is 2.36. The van der Waals surface area contributed by atoms with Gasteiger partial charge in [0, 0.05) is 13.2 Å². The molecule has 0 radical (unpaired) electrons. The van der Waals surface area contributed by atoms with Crippen LogP contribution in [0.5, 0.6) is 0 Å². The molecular formula is C15H20NO5P. The van der Waals surface area contributed by atoms with Gasteiger partial charge in [-0.25, -0.2) is 4.79 Å². The van der Waals surface area contributed by atoms with E-state index in [1.54, 1.807) is 0 Å². The van der Waals surface area contributed by atoms with Gasteiger partial charge in [0.1, 0.15) is 12.2 Å². The summed E-state index contributed by atoms with van der Waals surface area (Å²) in [5, 5.41) is 9.09. The Labute approximate surface area is 129 Å². The first-order valence-electron chi connectivity index (χ1n) is 7.16. The molecule has 120 valence electrons. The average Bonchev–Trinajstić information content (AvgIpc) is 2.96. The van der Waals surface area contributed by atoms with E-state index in [1.165, 1.54) is 11.6 Å². The first-order chi connectivity index (χ1) is 10.4. The maximum absolute atomic E-state index is 12.4. The molecule has 1 aromatic rings. The van der Waals surface area contributed by atoms with Crippen LogP contribution in [0.15, 0.2) is 30.3 Å². The van der Waals surface area contributed by atoms with E-state index in [2.05, 4.69) is 0 Å². The van der Waals surface area contributed by atoms with Crippen LogP contribution in [0.4, 0.5) is 0 Å². The van der Waals surface area contributed by atoms with Crippen LogP contribution in [0.1, 0.15) is 18.4 Å². The summed E-state index contributed by atoms with van der Waals surface area (Å²) in [7, 11) is -3.11. The number of carboxylic acid groups (broad SMARTS) is 1. The first kappa shape index (κ1) is 16.7. The number of amides is 1. The number of hydrogen-bond acceptors (Lipinski definition) is 4. The number of benzene rings is 1. The molecule has 22 heavy (non-hydrogen) atoms. The highest BCUT2D eigenvalue weighted by atomic mass is 31.2. The second-order valence-electron chi connectivity index (χ2n) is 5.51. The Morgan fingerprint density at radius 2 is 2.05 bits per heavy atom. The van der Waals surface area contributed by atoms with Crippen molar-refractivity contribution < 1.29 is 23.8 Å². The number of nitrogens with zero attached hydrogens (tertiary/aromatic N) is 1. The topological polar surface area (TPSA) is 83.9 Å². The van der Waals surface area contributed by atoms with Crippen LogP contribution >= 0.6 is 7.37 Å². The third kappa shape index (κ3) is 4.42. The van der Waals surface area contributed by atoms with Crippen molar-refractivity contribution in [1.29, 1.82) is 0 Å². The second-order valence-corrected chi connectivity index (χ2v) is 8.12. The van der Waals surface area contributed by atoms with E-state index in [1.807, 2.05) is 30.3 Å². The Bertz CT molecular complexity index is 589. The van der Waals surface area contributed by atoms with Gasteiger partial charge in [0.15, 0.2) is 0 Å². The normalized spacial score (nSPS) is 20.6. The summed E-state index contributed by atoms with van der Waals surface area (Å²) in [6.45, 7) is 1.98. The molecule has 0 aliphatic carbocycles. The number of carbonyl (C=O) groups excluding carboxylic acids is 1. The molecule has 2 rings (SSSR count). The van der Waals surface area contributed by atoms with Crippen molar-refractivity contribution in [2.24, 2.45) is 0 Å². The molecule has 1 aliphatic heterocycles. The van der Waals surface area contributed by atoms with E-state index in [4.69, 9.17) is 9.63 Å². The predicted molar refractivity (Wildman–Crippen MR) is 82.0 cm³/mol. The minimum Gasteiger partial charge on any atom is -0.480 e. The monoisotopic (exact) mass is 325 g/mol. The highest BCUT2D eigenvalue weighted by Crippen LogP contribution is 2.43. The van der Waals surface area contributed by atoms with Gasteiger partial charge in [-0.05, 0) is 18.4 Å². The lowest BCUT2D eigenvalue weighted by Crippen LogP contribution is -2.41. The summed E-state index contributed by atoms with van der Waals surface area (Å²) in [5.41, 5.74) is 0.876. The van der Waals surface area contributed by atoms with Crippen LogP contribution in [-0.2, 0) is 25.3 Å². The summed E-state index contributed by atoms with van der Waals surface area (Å²) < 4.78 is 17.8. The Hall–Kier alpha value is -1.65. The number of aliphatic carboxylic acids is 1. The molecule has 0 saturated carbocycles. The number of rotatable bonds is 6. The van der Waals surface area contributed by atoms with Crippen LogP contribution in [-0.4, -0.2) is 47.3 Å². The smallest absolute Gasteiger partial charge is 0.326 e. The van der Waals surface area contributed by atoms with E-state index >= 15 is 0 Å². The van der Waals surface area contributed by atoms with E-state index in [-0.39, 0.29) is 12.8 Å². The SMILES string of the molecule is CP(=O)(CC(=O)N1CCC[C@H]1C(=O)O)OCc1ccccc1. The molecule has 6 nitrogen and oxygen atoms in total. The molecule has 1 fully saturated rings. The third-order valence-corrected chi connectivity index (χ3v) is 5.15. The second kappa shape index (κ2) is 7.07. The van der Waals surface area contributed by atoms with Gasteiger partial charge < -0.3 is 14.5 Å². The van der Waals surface area contributed by atoms with Crippen molar-refractivity contribution in [2.45, 2.75) is 25.5 Å². The quantitative estimate of drug-likeness (QED) is 0.811. The van der Waals surface area contributed by atoms with Crippen molar-refractivity contribution in [1.82, 2.24) is 4.90 Å². The van der Waals surface area contributed by atoms with E-state index < -0.39 is 25.3 Å². The minimum absolute atomic E-state index is 0.171. The van der Waals surface area contributed by atoms with Gasteiger partial charge in [0.2, 0.25) is 13.3 Å². The van der Waals surface area contributed by atoms with Crippen LogP contribution in [0.2, 0.25) is 0 Å². The number of hydrogen-bond donors (Lipinski definition) is 1.